The summed E-state index contributed by atoms with van der Waals surface area (Å²) in [5, 5.41) is 4.96. The van der Waals surface area contributed by atoms with Crippen molar-refractivity contribution in [2.75, 3.05) is 5.32 Å². The second-order valence-corrected chi connectivity index (χ2v) is 4.76. The standard InChI is InChI=1S/C17H12F3N/c18-14-7-8-15(17(20)16(14)19)21-10-11-5-6-12-3-1-2-4-13(12)9-11/h1-9,21H,10H2. The van der Waals surface area contributed by atoms with Gasteiger partial charge in [0.1, 0.15) is 0 Å². The number of anilines is 1. The Labute approximate surface area is 120 Å². The smallest absolute Gasteiger partial charge is 0.196 e. The van der Waals surface area contributed by atoms with Gasteiger partial charge in [0.05, 0.1) is 5.69 Å². The summed E-state index contributed by atoms with van der Waals surface area (Å²) in [6.07, 6.45) is 0. The number of fused-ring (bicyclic) bond motifs is 1. The summed E-state index contributed by atoms with van der Waals surface area (Å²) in [7, 11) is 0. The molecule has 0 aliphatic carbocycles. The normalized spacial score (nSPS) is 10.8. The molecule has 0 atom stereocenters. The molecule has 0 spiro atoms. The van der Waals surface area contributed by atoms with Crippen molar-refractivity contribution in [3.63, 3.8) is 0 Å². The van der Waals surface area contributed by atoms with Gasteiger partial charge in [0.25, 0.3) is 0 Å². The molecule has 3 aromatic rings. The number of rotatable bonds is 3. The predicted molar refractivity (Wildman–Crippen MR) is 77.6 cm³/mol. The molecule has 0 radical (unpaired) electrons. The Bertz CT molecular complexity index is 799. The highest BCUT2D eigenvalue weighted by Crippen LogP contribution is 2.21. The third-order valence-corrected chi connectivity index (χ3v) is 3.33. The van der Waals surface area contributed by atoms with Crippen molar-refractivity contribution in [2.45, 2.75) is 6.54 Å². The largest absolute Gasteiger partial charge is 0.379 e. The third-order valence-electron chi connectivity index (χ3n) is 3.33. The van der Waals surface area contributed by atoms with Gasteiger partial charge < -0.3 is 5.32 Å². The van der Waals surface area contributed by atoms with Crippen LogP contribution >= 0.6 is 0 Å². The van der Waals surface area contributed by atoms with Gasteiger partial charge in [0.15, 0.2) is 17.5 Å². The van der Waals surface area contributed by atoms with Crippen molar-refractivity contribution in [2.24, 2.45) is 0 Å². The van der Waals surface area contributed by atoms with E-state index >= 15 is 0 Å². The van der Waals surface area contributed by atoms with Gasteiger partial charge >= 0.3 is 0 Å². The van der Waals surface area contributed by atoms with E-state index in [2.05, 4.69) is 5.32 Å². The highest BCUT2D eigenvalue weighted by Gasteiger charge is 2.12. The number of benzene rings is 3. The van der Waals surface area contributed by atoms with Crippen LogP contribution in [-0.4, -0.2) is 0 Å². The fourth-order valence-corrected chi connectivity index (χ4v) is 2.21. The zero-order chi connectivity index (χ0) is 14.8. The molecule has 106 valence electrons. The molecular formula is C17H12F3N. The Balaban J connectivity index is 1.82. The lowest BCUT2D eigenvalue weighted by Gasteiger charge is -2.09. The quantitative estimate of drug-likeness (QED) is 0.678. The molecule has 0 aliphatic heterocycles. The van der Waals surface area contributed by atoms with Gasteiger partial charge in [0.2, 0.25) is 0 Å². The fourth-order valence-electron chi connectivity index (χ4n) is 2.21. The summed E-state index contributed by atoms with van der Waals surface area (Å²) in [6.45, 7) is 0.326. The van der Waals surface area contributed by atoms with Crippen LogP contribution in [0.15, 0.2) is 54.6 Å². The highest BCUT2D eigenvalue weighted by atomic mass is 19.2. The summed E-state index contributed by atoms with van der Waals surface area (Å²) in [6, 6.07) is 15.8. The number of hydrogen-bond acceptors (Lipinski definition) is 1. The van der Waals surface area contributed by atoms with Gasteiger partial charge in [-0.1, -0.05) is 36.4 Å². The molecule has 0 heterocycles. The van der Waals surface area contributed by atoms with Crippen LogP contribution in [0.3, 0.4) is 0 Å². The molecule has 3 rings (SSSR count). The van der Waals surface area contributed by atoms with E-state index in [1.165, 1.54) is 6.07 Å². The van der Waals surface area contributed by atoms with E-state index in [9.17, 15) is 13.2 Å². The SMILES string of the molecule is Fc1ccc(NCc2ccc3ccccc3c2)c(F)c1F. The van der Waals surface area contributed by atoms with Crippen LogP contribution in [0.4, 0.5) is 18.9 Å². The van der Waals surface area contributed by atoms with Crippen LogP contribution in [0.25, 0.3) is 10.8 Å². The number of hydrogen-bond donors (Lipinski definition) is 1. The average Bonchev–Trinajstić information content (AvgIpc) is 2.52. The molecule has 0 unspecified atom stereocenters. The lowest BCUT2D eigenvalue weighted by Crippen LogP contribution is -2.04. The molecule has 0 fully saturated rings. The average molecular weight is 287 g/mol. The molecule has 1 nitrogen and oxygen atoms in total. The molecule has 0 aliphatic rings. The topological polar surface area (TPSA) is 12.0 Å². The summed E-state index contributed by atoms with van der Waals surface area (Å²) in [4.78, 5) is 0. The van der Waals surface area contributed by atoms with Crippen molar-refractivity contribution in [1.29, 1.82) is 0 Å². The second-order valence-electron chi connectivity index (χ2n) is 4.76. The Morgan fingerprint density at radius 3 is 2.33 bits per heavy atom. The van der Waals surface area contributed by atoms with Crippen LogP contribution < -0.4 is 5.32 Å². The lowest BCUT2D eigenvalue weighted by atomic mass is 10.1. The summed E-state index contributed by atoms with van der Waals surface area (Å²) < 4.78 is 39.5. The fraction of sp³-hybridized carbons (Fsp3) is 0.0588. The zero-order valence-corrected chi connectivity index (χ0v) is 11.0. The minimum atomic E-state index is -1.46. The molecule has 0 saturated carbocycles. The maximum absolute atomic E-state index is 13.5. The number of nitrogens with one attached hydrogen (secondary N) is 1. The Morgan fingerprint density at radius 1 is 0.762 bits per heavy atom. The van der Waals surface area contributed by atoms with Crippen LogP contribution in [0.2, 0.25) is 0 Å². The molecule has 0 saturated heterocycles. The monoisotopic (exact) mass is 287 g/mol. The first-order chi connectivity index (χ1) is 10.1. The van der Waals surface area contributed by atoms with Crippen LogP contribution in [0.5, 0.6) is 0 Å². The minimum Gasteiger partial charge on any atom is -0.379 e. The lowest BCUT2D eigenvalue weighted by molar-refractivity contribution is 0.449. The van der Waals surface area contributed by atoms with Crippen molar-refractivity contribution in [3.8, 4) is 0 Å². The van der Waals surface area contributed by atoms with Crippen molar-refractivity contribution in [1.82, 2.24) is 0 Å². The van der Waals surface area contributed by atoms with E-state index in [0.717, 1.165) is 22.4 Å². The molecule has 1 N–H and O–H groups in total. The van der Waals surface area contributed by atoms with E-state index in [0.29, 0.717) is 6.54 Å². The first-order valence-electron chi connectivity index (χ1n) is 6.50. The first kappa shape index (κ1) is 13.5. The molecule has 3 aromatic carbocycles. The van der Waals surface area contributed by atoms with Crippen LogP contribution in [-0.2, 0) is 6.54 Å². The molecule has 21 heavy (non-hydrogen) atoms. The second kappa shape index (κ2) is 5.48. The summed E-state index contributed by atoms with van der Waals surface area (Å²) >= 11 is 0. The van der Waals surface area contributed by atoms with Crippen molar-refractivity contribution < 1.29 is 13.2 Å². The van der Waals surface area contributed by atoms with Gasteiger partial charge in [-0.3, -0.25) is 0 Å². The van der Waals surface area contributed by atoms with Gasteiger partial charge in [-0.25, -0.2) is 13.2 Å². The van der Waals surface area contributed by atoms with Gasteiger partial charge in [0, 0.05) is 6.54 Å². The zero-order valence-electron chi connectivity index (χ0n) is 11.0. The van der Waals surface area contributed by atoms with Crippen molar-refractivity contribution in [3.05, 3.63) is 77.6 Å². The Hall–Kier alpha value is -2.49. The molecule has 0 bridgehead atoms. The molecular weight excluding hydrogens is 275 g/mol. The number of halogens is 3. The molecule has 0 amide bonds. The van der Waals surface area contributed by atoms with E-state index in [1.807, 2.05) is 42.5 Å². The van der Waals surface area contributed by atoms with E-state index in [4.69, 9.17) is 0 Å². The molecule has 4 heteroatoms. The third kappa shape index (κ3) is 2.70. The van der Waals surface area contributed by atoms with E-state index in [1.54, 1.807) is 0 Å². The van der Waals surface area contributed by atoms with E-state index < -0.39 is 17.5 Å². The first-order valence-corrected chi connectivity index (χ1v) is 6.50. The molecule has 0 aromatic heterocycles. The maximum Gasteiger partial charge on any atom is 0.196 e. The minimum absolute atomic E-state index is 0.0536. The summed E-state index contributed by atoms with van der Waals surface area (Å²) in [5.74, 6) is -3.85. The summed E-state index contributed by atoms with van der Waals surface area (Å²) in [5.41, 5.74) is 0.875. The van der Waals surface area contributed by atoms with Gasteiger partial charge in [-0.15, -0.1) is 0 Å². The Kier molecular flexibility index (Phi) is 3.52. The Morgan fingerprint density at radius 2 is 1.52 bits per heavy atom. The predicted octanol–water partition coefficient (Wildman–Crippen LogP) is 4.87. The van der Waals surface area contributed by atoms with E-state index in [-0.39, 0.29) is 5.69 Å². The maximum atomic E-state index is 13.5. The van der Waals surface area contributed by atoms with Gasteiger partial charge in [-0.05, 0) is 34.5 Å². The highest BCUT2D eigenvalue weighted by molar-refractivity contribution is 5.83. The van der Waals surface area contributed by atoms with Crippen LogP contribution in [0, 0.1) is 17.5 Å². The van der Waals surface area contributed by atoms with Gasteiger partial charge in [-0.2, -0.15) is 0 Å². The van der Waals surface area contributed by atoms with Crippen LogP contribution in [0.1, 0.15) is 5.56 Å². The van der Waals surface area contributed by atoms with Crippen molar-refractivity contribution >= 4 is 16.5 Å².